The molecule has 0 atom stereocenters. The van der Waals surface area contributed by atoms with Gasteiger partial charge in [-0.2, -0.15) is 0 Å². The maximum atomic E-state index is 14.6. The fraction of sp³-hybridized carbons (Fsp3) is 0.273. The van der Waals surface area contributed by atoms with Crippen LogP contribution in [0.25, 0.3) is 10.2 Å². The van der Waals surface area contributed by atoms with Crippen LogP contribution in [0.2, 0.25) is 0 Å². The smallest absolute Gasteiger partial charge is 0.251 e. The normalized spacial score (nSPS) is 10.4. The summed E-state index contributed by atoms with van der Waals surface area (Å²) in [7, 11) is 0. The molecule has 0 aliphatic rings. The average molecular weight is 396 g/mol. The van der Waals surface area contributed by atoms with Gasteiger partial charge in [-0.3, -0.25) is 4.79 Å². The van der Waals surface area contributed by atoms with Gasteiger partial charge in [0.15, 0.2) is 11.6 Å². The molecular weight excluding hydrogens is 375 g/mol. The van der Waals surface area contributed by atoms with Crippen LogP contribution >= 0.6 is 11.3 Å². The minimum atomic E-state index is -0.476. The summed E-state index contributed by atoms with van der Waals surface area (Å²) in [6.45, 7) is 2.33. The van der Waals surface area contributed by atoms with E-state index in [4.69, 9.17) is 4.74 Å². The van der Waals surface area contributed by atoms with Crippen LogP contribution in [0.5, 0.6) is 5.75 Å². The van der Waals surface area contributed by atoms with Gasteiger partial charge < -0.3 is 10.1 Å². The van der Waals surface area contributed by atoms with Gasteiger partial charge in [0.25, 0.3) is 5.91 Å². The van der Waals surface area contributed by atoms with Crippen molar-refractivity contribution in [1.82, 2.24) is 10.3 Å². The van der Waals surface area contributed by atoms with Gasteiger partial charge in [-0.1, -0.05) is 37.3 Å². The zero-order valence-electron chi connectivity index (χ0n) is 15.6. The first-order valence-electron chi connectivity index (χ1n) is 9.16. The maximum absolute atomic E-state index is 14.6. The van der Waals surface area contributed by atoms with E-state index in [1.165, 1.54) is 11.3 Å². The topological polar surface area (TPSA) is 51.2 Å². The van der Waals surface area contributed by atoms with Gasteiger partial charge in [-0.15, -0.1) is 11.3 Å². The summed E-state index contributed by atoms with van der Waals surface area (Å²) in [5.41, 5.74) is 3.48. The molecule has 0 bridgehead atoms. The Labute approximate surface area is 167 Å². The second-order valence-corrected chi connectivity index (χ2v) is 7.08. The number of amides is 1. The number of thiazole rings is 1. The number of unbranched alkanes of at least 4 members (excludes halogenated alkanes) is 2. The van der Waals surface area contributed by atoms with E-state index in [1.807, 2.05) is 0 Å². The number of nitrogens with one attached hydrogen (secondary N) is 1. The first-order chi connectivity index (χ1) is 13.7. The van der Waals surface area contributed by atoms with E-state index in [2.05, 4.69) is 29.1 Å². The highest BCUT2D eigenvalue weighted by molar-refractivity contribution is 7.16. The summed E-state index contributed by atoms with van der Waals surface area (Å²) in [6, 6.07) is 10.2. The van der Waals surface area contributed by atoms with E-state index in [0.717, 1.165) is 29.5 Å². The number of fused-ring (bicyclic) bond motifs is 1. The molecule has 6 heteroatoms. The summed E-state index contributed by atoms with van der Waals surface area (Å²) in [5.74, 6) is 5.29. The fourth-order valence-electron chi connectivity index (χ4n) is 2.60. The first-order valence-corrected chi connectivity index (χ1v) is 10.0. The van der Waals surface area contributed by atoms with E-state index in [9.17, 15) is 9.18 Å². The second-order valence-electron chi connectivity index (χ2n) is 6.19. The molecule has 3 aromatic rings. The second kappa shape index (κ2) is 9.86. The van der Waals surface area contributed by atoms with Crippen LogP contribution in [0.15, 0.2) is 41.9 Å². The monoisotopic (exact) mass is 396 g/mol. The van der Waals surface area contributed by atoms with E-state index in [-0.39, 0.29) is 24.8 Å². The summed E-state index contributed by atoms with van der Waals surface area (Å²) in [5, 5.41) is 2.75. The van der Waals surface area contributed by atoms with E-state index >= 15 is 0 Å². The Morgan fingerprint density at radius 3 is 3.04 bits per heavy atom. The van der Waals surface area contributed by atoms with Crippen molar-refractivity contribution < 1.29 is 13.9 Å². The number of aromatic nitrogens is 1. The van der Waals surface area contributed by atoms with Crippen LogP contribution in [0, 0.1) is 17.7 Å². The third-order valence-corrected chi connectivity index (χ3v) is 4.95. The van der Waals surface area contributed by atoms with Crippen molar-refractivity contribution in [2.75, 3.05) is 6.61 Å². The van der Waals surface area contributed by atoms with Crippen molar-refractivity contribution in [2.24, 2.45) is 0 Å². The van der Waals surface area contributed by atoms with E-state index in [0.29, 0.717) is 11.1 Å². The molecule has 0 aliphatic heterocycles. The Morgan fingerprint density at radius 1 is 1.29 bits per heavy atom. The minimum Gasteiger partial charge on any atom is -0.478 e. The number of halogens is 1. The van der Waals surface area contributed by atoms with Crippen molar-refractivity contribution in [3.8, 4) is 17.6 Å². The average Bonchev–Trinajstić information content (AvgIpc) is 3.18. The van der Waals surface area contributed by atoms with Crippen molar-refractivity contribution >= 4 is 27.5 Å². The molecule has 0 radical (unpaired) electrons. The van der Waals surface area contributed by atoms with Crippen molar-refractivity contribution in [3.63, 3.8) is 0 Å². The molecule has 0 fully saturated rings. The Hall–Kier alpha value is -2.91. The van der Waals surface area contributed by atoms with Crippen molar-refractivity contribution in [3.05, 3.63) is 58.9 Å². The van der Waals surface area contributed by atoms with Gasteiger partial charge in [0.2, 0.25) is 0 Å². The van der Waals surface area contributed by atoms with Crippen LogP contribution in [0.1, 0.15) is 42.1 Å². The fourth-order valence-corrected chi connectivity index (χ4v) is 3.31. The zero-order chi connectivity index (χ0) is 19.8. The first kappa shape index (κ1) is 19.8. The molecule has 0 unspecified atom stereocenters. The summed E-state index contributed by atoms with van der Waals surface area (Å²) in [6.07, 6.45) is 2.96. The van der Waals surface area contributed by atoms with Crippen LogP contribution < -0.4 is 10.1 Å². The predicted molar refractivity (Wildman–Crippen MR) is 110 cm³/mol. The van der Waals surface area contributed by atoms with Crippen molar-refractivity contribution in [1.29, 1.82) is 0 Å². The third-order valence-electron chi connectivity index (χ3n) is 4.16. The zero-order valence-corrected chi connectivity index (χ0v) is 16.4. The number of benzene rings is 2. The van der Waals surface area contributed by atoms with Crippen LogP contribution in [-0.4, -0.2) is 17.5 Å². The number of carbonyl (C=O) groups is 1. The molecule has 0 aliphatic carbocycles. The van der Waals surface area contributed by atoms with E-state index in [1.54, 1.807) is 41.9 Å². The number of nitrogens with zero attached hydrogens (tertiary/aromatic N) is 1. The molecule has 1 amide bonds. The SMILES string of the molecule is CCCCC#CCOc1cccc(CNC(=O)c2ccc3ncsc3c2)c1F. The third kappa shape index (κ3) is 5.08. The molecule has 2 aromatic carbocycles. The van der Waals surface area contributed by atoms with E-state index < -0.39 is 5.82 Å². The van der Waals surface area contributed by atoms with Gasteiger partial charge in [-0.25, -0.2) is 9.37 Å². The molecule has 0 saturated heterocycles. The predicted octanol–water partition coefficient (Wildman–Crippen LogP) is 4.94. The Bertz CT molecular complexity index is 1020. The van der Waals surface area contributed by atoms with Gasteiger partial charge in [0.1, 0.15) is 6.61 Å². The molecule has 28 heavy (non-hydrogen) atoms. The number of ether oxygens (including phenoxy) is 1. The molecule has 1 heterocycles. The van der Waals surface area contributed by atoms with Crippen LogP contribution in [0.3, 0.4) is 0 Å². The number of hydrogen-bond donors (Lipinski definition) is 1. The number of hydrogen-bond acceptors (Lipinski definition) is 4. The summed E-state index contributed by atoms with van der Waals surface area (Å²) >= 11 is 1.47. The largest absolute Gasteiger partial charge is 0.478 e. The standard InChI is InChI=1S/C22H21FN2O2S/c1-2-3-4-5-6-12-27-19-9-7-8-17(21(19)23)14-24-22(26)16-10-11-18-20(13-16)28-15-25-18/h7-11,13,15H,2-4,12,14H2,1H3,(H,24,26). The molecule has 144 valence electrons. The summed E-state index contributed by atoms with van der Waals surface area (Å²) < 4.78 is 21.0. The lowest BCUT2D eigenvalue weighted by Crippen LogP contribution is -2.23. The molecular formula is C22H21FN2O2S. The molecule has 1 aromatic heterocycles. The molecule has 0 spiro atoms. The van der Waals surface area contributed by atoms with Gasteiger partial charge >= 0.3 is 0 Å². The lowest BCUT2D eigenvalue weighted by molar-refractivity contribution is 0.0950. The highest BCUT2D eigenvalue weighted by Crippen LogP contribution is 2.21. The van der Waals surface area contributed by atoms with Crippen molar-refractivity contribution in [2.45, 2.75) is 32.7 Å². The highest BCUT2D eigenvalue weighted by atomic mass is 32.1. The molecule has 1 N–H and O–H groups in total. The number of carbonyl (C=O) groups excluding carboxylic acids is 1. The Morgan fingerprint density at radius 2 is 2.18 bits per heavy atom. The van der Waals surface area contributed by atoms with Gasteiger partial charge in [-0.05, 0) is 30.7 Å². The van der Waals surface area contributed by atoms with Crippen LogP contribution in [-0.2, 0) is 6.54 Å². The van der Waals surface area contributed by atoms with Gasteiger partial charge in [0, 0.05) is 24.1 Å². The van der Waals surface area contributed by atoms with Gasteiger partial charge in [0.05, 0.1) is 15.7 Å². The highest BCUT2D eigenvalue weighted by Gasteiger charge is 2.12. The molecule has 4 nitrogen and oxygen atoms in total. The maximum Gasteiger partial charge on any atom is 0.251 e. The molecule has 3 rings (SSSR count). The summed E-state index contributed by atoms with van der Waals surface area (Å²) in [4.78, 5) is 16.6. The lowest BCUT2D eigenvalue weighted by Gasteiger charge is -2.10. The number of rotatable bonds is 7. The van der Waals surface area contributed by atoms with Crippen LogP contribution in [0.4, 0.5) is 4.39 Å². The minimum absolute atomic E-state index is 0.0742. The Kier molecular flexibility index (Phi) is 6.99. The lowest BCUT2D eigenvalue weighted by atomic mass is 10.1. The molecule has 0 saturated carbocycles. The Balaban J connectivity index is 1.59. The quantitative estimate of drug-likeness (QED) is 0.455.